The van der Waals surface area contributed by atoms with Gasteiger partial charge in [0.25, 0.3) is 5.91 Å². The number of anilines is 2. The highest BCUT2D eigenvalue weighted by molar-refractivity contribution is 6.34. The summed E-state index contributed by atoms with van der Waals surface area (Å²) >= 11 is 5.73. The molecule has 0 saturated carbocycles. The number of halogens is 2. The van der Waals surface area contributed by atoms with Crippen LogP contribution in [-0.4, -0.2) is 16.2 Å². The van der Waals surface area contributed by atoms with Gasteiger partial charge in [0.15, 0.2) is 0 Å². The molecule has 6 nitrogen and oxygen atoms in total. The van der Waals surface area contributed by atoms with Gasteiger partial charge in [-0.1, -0.05) is 17.7 Å². The molecule has 2 aromatic rings. The molecule has 0 unspecified atom stereocenters. The quantitative estimate of drug-likeness (QED) is 0.853. The molecule has 0 bridgehead atoms. The number of benzene rings is 1. The maximum absolute atomic E-state index is 13.4. The minimum absolute atomic E-state index is 0.0633. The Hall–Kier alpha value is -2.15. The van der Waals surface area contributed by atoms with Crippen LogP contribution in [0.2, 0.25) is 5.02 Å². The third kappa shape index (κ3) is 2.18. The Morgan fingerprint density at radius 2 is 2.24 bits per heavy atom. The van der Waals surface area contributed by atoms with Crippen LogP contribution in [0.1, 0.15) is 10.5 Å². The second-order valence-electron chi connectivity index (χ2n) is 3.05. The zero-order chi connectivity index (χ0) is 12.4. The van der Waals surface area contributed by atoms with E-state index < -0.39 is 11.7 Å². The predicted octanol–water partition coefficient (Wildman–Crippen LogP) is 1.70. The molecule has 1 aromatic carbocycles. The summed E-state index contributed by atoms with van der Waals surface area (Å²) in [6.07, 6.45) is 0. The maximum Gasteiger partial charge on any atom is 0.281 e. The van der Waals surface area contributed by atoms with E-state index in [2.05, 4.69) is 20.3 Å². The first-order chi connectivity index (χ1) is 8.09. The normalized spacial score (nSPS) is 10.2. The van der Waals surface area contributed by atoms with Crippen LogP contribution in [0.15, 0.2) is 22.8 Å². The van der Waals surface area contributed by atoms with E-state index in [1.54, 1.807) is 0 Å². The molecular formula is C9H6ClFN4O2. The molecule has 1 amide bonds. The number of carbonyl (C=O) groups excluding carboxylic acids is 1. The standard InChI is InChI=1S/C9H6ClFN4O2/c10-4-2-1-3-5(11)6(4)13-9(16)7-8(12)15-17-14-7/h1-3H,(H2,12,15)(H,13,16). The highest BCUT2D eigenvalue weighted by Gasteiger charge is 2.18. The van der Waals surface area contributed by atoms with Crippen molar-refractivity contribution >= 4 is 29.0 Å². The van der Waals surface area contributed by atoms with Gasteiger partial charge >= 0.3 is 0 Å². The molecule has 0 saturated heterocycles. The van der Waals surface area contributed by atoms with Crippen molar-refractivity contribution in [3.05, 3.63) is 34.7 Å². The maximum atomic E-state index is 13.4. The summed E-state index contributed by atoms with van der Waals surface area (Å²) in [5.74, 6) is -1.61. The van der Waals surface area contributed by atoms with Crippen molar-refractivity contribution in [3.8, 4) is 0 Å². The molecule has 2 rings (SSSR count). The van der Waals surface area contributed by atoms with E-state index >= 15 is 0 Å². The van der Waals surface area contributed by atoms with Crippen molar-refractivity contribution < 1.29 is 13.8 Å². The molecule has 0 spiro atoms. The molecule has 0 aliphatic rings. The number of para-hydroxylation sites is 1. The number of rotatable bonds is 2. The van der Waals surface area contributed by atoms with Gasteiger partial charge in [-0.2, -0.15) is 0 Å². The number of nitrogens with one attached hydrogen (secondary N) is 1. The summed E-state index contributed by atoms with van der Waals surface area (Å²) in [5, 5.41) is 8.81. The Labute approximate surface area is 99.5 Å². The Morgan fingerprint density at radius 1 is 1.47 bits per heavy atom. The molecule has 3 N–H and O–H groups in total. The summed E-state index contributed by atoms with van der Waals surface area (Å²) in [4.78, 5) is 11.6. The monoisotopic (exact) mass is 256 g/mol. The predicted molar refractivity (Wildman–Crippen MR) is 58.1 cm³/mol. The van der Waals surface area contributed by atoms with Gasteiger partial charge in [0, 0.05) is 0 Å². The molecule has 0 aliphatic heterocycles. The lowest BCUT2D eigenvalue weighted by Gasteiger charge is -2.06. The molecule has 17 heavy (non-hydrogen) atoms. The Kier molecular flexibility index (Phi) is 2.92. The molecule has 8 heteroatoms. The van der Waals surface area contributed by atoms with Crippen molar-refractivity contribution in [3.63, 3.8) is 0 Å². The molecule has 1 heterocycles. The average molecular weight is 257 g/mol. The van der Waals surface area contributed by atoms with E-state index in [1.807, 2.05) is 0 Å². The highest BCUT2D eigenvalue weighted by atomic mass is 35.5. The zero-order valence-electron chi connectivity index (χ0n) is 8.28. The van der Waals surface area contributed by atoms with Crippen LogP contribution in [0, 0.1) is 5.82 Å². The first-order valence-electron chi connectivity index (χ1n) is 4.43. The summed E-state index contributed by atoms with van der Waals surface area (Å²) in [5.41, 5.74) is 4.93. The Balaban J connectivity index is 2.28. The fourth-order valence-corrected chi connectivity index (χ4v) is 1.35. The highest BCUT2D eigenvalue weighted by Crippen LogP contribution is 2.25. The molecule has 0 atom stereocenters. The first-order valence-corrected chi connectivity index (χ1v) is 4.81. The first kappa shape index (κ1) is 11.3. The molecule has 88 valence electrons. The van der Waals surface area contributed by atoms with Gasteiger partial charge in [-0.3, -0.25) is 4.79 Å². The van der Waals surface area contributed by atoms with Crippen molar-refractivity contribution in [2.24, 2.45) is 0 Å². The van der Waals surface area contributed by atoms with Crippen LogP contribution < -0.4 is 11.1 Å². The smallest absolute Gasteiger partial charge is 0.281 e. The van der Waals surface area contributed by atoms with Crippen LogP contribution in [-0.2, 0) is 0 Å². The molecule has 0 aliphatic carbocycles. The van der Waals surface area contributed by atoms with Gasteiger partial charge < -0.3 is 11.1 Å². The lowest BCUT2D eigenvalue weighted by molar-refractivity contribution is 0.101. The summed E-state index contributed by atoms with van der Waals surface area (Å²) in [6, 6.07) is 4.01. The van der Waals surface area contributed by atoms with E-state index in [4.69, 9.17) is 17.3 Å². The molecular weight excluding hydrogens is 251 g/mol. The number of hydrogen-bond donors (Lipinski definition) is 2. The fourth-order valence-electron chi connectivity index (χ4n) is 1.14. The minimum atomic E-state index is -0.754. The van der Waals surface area contributed by atoms with Gasteiger partial charge in [-0.25, -0.2) is 9.02 Å². The minimum Gasteiger partial charge on any atom is -0.379 e. The fraction of sp³-hybridized carbons (Fsp3) is 0. The molecule has 0 radical (unpaired) electrons. The second kappa shape index (κ2) is 4.38. The number of hydrogen-bond acceptors (Lipinski definition) is 5. The van der Waals surface area contributed by atoms with Crippen LogP contribution in [0.4, 0.5) is 15.9 Å². The van der Waals surface area contributed by atoms with E-state index in [1.165, 1.54) is 12.1 Å². The van der Waals surface area contributed by atoms with Crippen molar-refractivity contribution in [1.82, 2.24) is 10.3 Å². The van der Waals surface area contributed by atoms with Gasteiger partial charge in [0.05, 0.1) is 10.7 Å². The van der Waals surface area contributed by atoms with Gasteiger partial charge in [0.2, 0.25) is 11.5 Å². The number of nitrogen functional groups attached to an aromatic ring is 1. The summed E-state index contributed by atoms with van der Waals surface area (Å²) in [7, 11) is 0. The Morgan fingerprint density at radius 3 is 2.82 bits per heavy atom. The number of nitrogens with two attached hydrogens (primary N) is 1. The number of nitrogens with zero attached hydrogens (tertiary/aromatic N) is 2. The lowest BCUT2D eigenvalue weighted by Crippen LogP contribution is -2.15. The van der Waals surface area contributed by atoms with Crippen LogP contribution in [0.3, 0.4) is 0 Å². The number of aromatic nitrogens is 2. The van der Waals surface area contributed by atoms with Crippen LogP contribution in [0.5, 0.6) is 0 Å². The van der Waals surface area contributed by atoms with Crippen molar-refractivity contribution in [1.29, 1.82) is 0 Å². The van der Waals surface area contributed by atoms with Crippen molar-refractivity contribution in [2.45, 2.75) is 0 Å². The zero-order valence-corrected chi connectivity index (χ0v) is 9.03. The third-order valence-corrected chi connectivity index (χ3v) is 2.25. The molecule has 0 fully saturated rings. The van der Waals surface area contributed by atoms with Gasteiger partial charge in [0.1, 0.15) is 5.82 Å². The molecule has 1 aromatic heterocycles. The topological polar surface area (TPSA) is 94.0 Å². The SMILES string of the molecule is Nc1nonc1C(=O)Nc1c(F)cccc1Cl. The van der Waals surface area contributed by atoms with E-state index in [0.717, 1.165) is 6.07 Å². The van der Waals surface area contributed by atoms with Crippen molar-refractivity contribution in [2.75, 3.05) is 11.1 Å². The van der Waals surface area contributed by atoms with Gasteiger partial charge in [-0.05, 0) is 22.4 Å². The number of carbonyl (C=O) groups is 1. The van der Waals surface area contributed by atoms with Crippen LogP contribution in [0.25, 0.3) is 0 Å². The van der Waals surface area contributed by atoms with E-state index in [9.17, 15) is 9.18 Å². The largest absolute Gasteiger partial charge is 0.379 e. The Bertz CT molecular complexity index is 552. The third-order valence-electron chi connectivity index (χ3n) is 1.93. The summed E-state index contributed by atoms with van der Waals surface area (Å²) < 4.78 is 17.6. The summed E-state index contributed by atoms with van der Waals surface area (Å²) in [6.45, 7) is 0. The van der Waals surface area contributed by atoms with Gasteiger partial charge in [-0.15, -0.1) is 0 Å². The lowest BCUT2D eigenvalue weighted by atomic mass is 10.3. The van der Waals surface area contributed by atoms with E-state index in [-0.39, 0.29) is 22.2 Å². The van der Waals surface area contributed by atoms with E-state index in [0.29, 0.717) is 0 Å². The average Bonchev–Trinajstić information content (AvgIpc) is 2.70. The van der Waals surface area contributed by atoms with Crippen LogP contribution >= 0.6 is 11.6 Å². The second-order valence-corrected chi connectivity index (χ2v) is 3.46. The number of amides is 1.